The number of hydrogen-bond donors (Lipinski definition) is 0. The van der Waals surface area contributed by atoms with Crippen molar-refractivity contribution >= 4 is 51.7 Å². The summed E-state index contributed by atoms with van der Waals surface area (Å²) in [5, 5.41) is 9.64. The summed E-state index contributed by atoms with van der Waals surface area (Å²) in [7, 11) is 0. The van der Waals surface area contributed by atoms with Gasteiger partial charge >= 0.3 is 0 Å². The number of halogens is 2. The van der Waals surface area contributed by atoms with Gasteiger partial charge in [0.05, 0.1) is 21.6 Å². The Bertz CT molecular complexity index is 1280. The second kappa shape index (κ2) is 12.0. The van der Waals surface area contributed by atoms with Gasteiger partial charge in [0.15, 0.2) is 0 Å². The van der Waals surface area contributed by atoms with Gasteiger partial charge in [-0.3, -0.25) is 9.59 Å². The minimum atomic E-state index is -0.103. The third-order valence-corrected chi connectivity index (χ3v) is 8.65. The van der Waals surface area contributed by atoms with Crippen molar-refractivity contribution in [3.05, 3.63) is 52.5 Å². The molecule has 3 aromatic rings. The fraction of sp³-hybridized carbons (Fsp3) is 0.500. The first-order chi connectivity index (χ1) is 18.4. The Hall–Kier alpha value is -2.68. The second-order valence-electron chi connectivity index (χ2n) is 10.3. The molecule has 2 aliphatic heterocycles. The number of hydrogen-bond acceptors (Lipinski definition) is 5. The Labute approximate surface area is 233 Å². The quantitative estimate of drug-likeness (QED) is 0.406. The lowest BCUT2D eigenvalue weighted by Gasteiger charge is -2.35. The molecule has 2 saturated heterocycles. The zero-order chi connectivity index (χ0) is 26.6. The number of aromatic nitrogens is 3. The van der Waals surface area contributed by atoms with Crippen LogP contribution in [0.2, 0.25) is 10.0 Å². The molecule has 1 aromatic heterocycles. The predicted octanol–water partition coefficient (Wildman–Crippen LogP) is 5.06. The van der Waals surface area contributed by atoms with E-state index in [9.17, 15) is 9.59 Å². The first-order valence-electron chi connectivity index (χ1n) is 13.4. The van der Waals surface area contributed by atoms with Gasteiger partial charge in [-0.15, -0.1) is 5.10 Å². The molecule has 0 bridgehead atoms. The van der Waals surface area contributed by atoms with Crippen molar-refractivity contribution in [3.63, 3.8) is 0 Å². The highest BCUT2D eigenvalue weighted by Gasteiger charge is 2.30. The molecule has 8 nitrogen and oxygen atoms in total. The fourth-order valence-electron chi connectivity index (χ4n) is 5.68. The molecule has 10 heteroatoms. The topological polar surface area (TPSA) is 74.6 Å². The zero-order valence-electron chi connectivity index (χ0n) is 21.7. The van der Waals surface area contributed by atoms with Gasteiger partial charge in [0.2, 0.25) is 11.8 Å². The van der Waals surface area contributed by atoms with Crippen LogP contribution in [-0.2, 0) is 9.59 Å². The van der Waals surface area contributed by atoms with E-state index < -0.39 is 0 Å². The molecule has 0 saturated carbocycles. The van der Waals surface area contributed by atoms with E-state index in [-0.39, 0.29) is 17.7 Å². The van der Waals surface area contributed by atoms with E-state index in [4.69, 9.17) is 23.2 Å². The smallest absolute Gasteiger partial charge is 0.230 e. The number of anilines is 1. The van der Waals surface area contributed by atoms with Crippen LogP contribution in [0.3, 0.4) is 0 Å². The molecule has 0 N–H and O–H groups in total. The molecular formula is C28H34Cl2N6O2. The molecule has 2 fully saturated rings. The van der Waals surface area contributed by atoms with Crippen molar-refractivity contribution in [2.75, 3.05) is 44.2 Å². The van der Waals surface area contributed by atoms with E-state index in [0.29, 0.717) is 48.6 Å². The summed E-state index contributed by atoms with van der Waals surface area (Å²) in [6, 6.07) is 13.9. The number of rotatable bonds is 7. The van der Waals surface area contributed by atoms with Crippen LogP contribution in [-0.4, -0.2) is 75.9 Å². The largest absolute Gasteiger partial charge is 0.343 e. The van der Waals surface area contributed by atoms with Crippen LogP contribution in [0.1, 0.15) is 45.1 Å². The van der Waals surface area contributed by atoms with Gasteiger partial charge in [-0.1, -0.05) is 40.5 Å². The maximum absolute atomic E-state index is 13.7. The van der Waals surface area contributed by atoms with Gasteiger partial charge in [0.1, 0.15) is 5.52 Å². The molecule has 38 heavy (non-hydrogen) atoms. The Morgan fingerprint density at radius 1 is 0.974 bits per heavy atom. The summed E-state index contributed by atoms with van der Waals surface area (Å²) in [5.74, 6) is 0.0645. The van der Waals surface area contributed by atoms with Gasteiger partial charge in [-0.25, -0.2) is 4.68 Å². The van der Waals surface area contributed by atoms with Crippen LogP contribution in [0.4, 0.5) is 5.69 Å². The molecule has 0 unspecified atom stereocenters. The summed E-state index contributed by atoms with van der Waals surface area (Å²) in [4.78, 5) is 31.5. The molecule has 5 rings (SSSR count). The number of likely N-dealkylation sites (tertiary alicyclic amines) is 2. The van der Waals surface area contributed by atoms with E-state index in [1.165, 1.54) is 0 Å². The van der Waals surface area contributed by atoms with Crippen molar-refractivity contribution in [2.24, 2.45) is 5.92 Å². The van der Waals surface area contributed by atoms with Gasteiger partial charge in [0.25, 0.3) is 0 Å². The molecule has 3 heterocycles. The molecule has 2 aromatic carbocycles. The molecule has 0 radical (unpaired) electrons. The monoisotopic (exact) mass is 556 g/mol. The van der Waals surface area contributed by atoms with Crippen LogP contribution in [0, 0.1) is 5.92 Å². The number of fused-ring (bicyclic) bond motifs is 1. The van der Waals surface area contributed by atoms with Gasteiger partial charge in [-0.2, -0.15) is 0 Å². The summed E-state index contributed by atoms with van der Waals surface area (Å²) >= 11 is 12.5. The lowest BCUT2D eigenvalue weighted by molar-refractivity contribution is -0.133. The van der Waals surface area contributed by atoms with Crippen molar-refractivity contribution in [3.8, 4) is 0 Å². The molecule has 0 spiro atoms. The first-order valence-corrected chi connectivity index (χ1v) is 14.2. The predicted molar refractivity (Wildman–Crippen MR) is 151 cm³/mol. The standard InChI is InChI=1S/C28H34Cl2N6O2/c1-20(37)34-17-9-21(10-18-34)28(38)35(23-7-8-24(29)25(30)19-23)14-4-13-33-15-11-22(12-16-33)36-27-6-3-2-5-26(27)31-32-36/h2-3,5-8,19,21-22H,4,9-18H2,1H3. The van der Waals surface area contributed by atoms with E-state index in [1.807, 2.05) is 34.1 Å². The average molecular weight is 558 g/mol. The molecule has 2 amide bonds. The van der Waals surface area contributed by atoms with Gasteiger partial charge < -0.3 is 14.7 Å². The molecule has 0 atom stereocenters. The Balaban J connectivity index is 1.18. The van der Waals surface area contributed by atoms with Crippen molar-refractivity contribution < 1.29 is 9.59 Å². The third-order valence-electron chi connectivity index (χ3n) is 7.91. The van der Waals surface area contributed by atoms with Gasteiger partial charge in [0, 0.05) is 51.3 Å². The average Bonchev–Trinajstić information content (AvgIpc) is 3.37. The highest BCUT2D eigenvalue weighted by molar-refractivity contribution is 6.42. The third kappa shape index (κ3) is 5.98. The highest BCUT2D eigenvalue weighted by atomic mass is 35.5. The number of piperidine rings is 2. The highest BCUT2D eigenvalue weighted by Crippen LogP contribution is 2.30. The van der Waals surface area contributed by atoms with E-state index in [1.54, 1.807) is 19.1 Å². The number of amides is 2. The van der Waals surface area contributed by atoms with Crippen LogP contribution < -0.4 is 4.90 Å². The summed E-state index contributed by atoms with van der Waals surface area (Å²) in [6.07, 6.45) is 4.27. The number of carbonyl (C=O) groups is 2. The number of benzene rings is 2. The molecule has 202 valence electrons. The zero-order valence-corrected chi connectivity index (χ0v) is 23.2. The Kier molecular flexibility index (Phi) is 8.51. The van der Waals surface area contributed by atoms with Crippen LogP contribution >= 0.6 is 23.2 Å². The van der Waals surface area contributed by atoms with Crippen molar-refractivity contribution in [2.45, 2.75) is 45.1 Å². The lowest BCUT2D eigenvalue weighted by Crippen LogP contribution is -2.45. The van der Waals surface area contributed by atoms with Crippen LogP contribution in [0.15, 0.2) is 42.5 Å². The summed E-state index contributed by atoms with van der Waals surface area (Å²) in [5.41, 5.74) is 2.81. The van der Waals surface area contributed by atoms with E-state index >= 15 is 0 Å². The van der Waals surface area contributed by atoms with E-state index in [0.717, 1.165) is 55.6 Å². The van der Waals surface area contributed by atoms with Crippen LogP contribution in [0.25, 0.3) is 11.0 Å². The summed E-state index contributed by atoms with van der Waals surface area (Å²) < 4.78 is 2.08. The SMILES string of the molecule is CC(=O)N1CCC(C(=O)N(CCCN2CCC(n3nnc4ccccc43)CC2)c2ccc(Cl)c(Cl)c2)CC1. The normalized spacial score (nSPS) is 17.7. The summed E-state index contributed by atoms with van der Waals surface area (Å²) in [6.45, 7) is 6.33. The fourth-order valence-corrected chi connectivity index (χ4v) is 5.97. The lowest BCUT2D eigenvalue weighted by atomic mass is 9.94. The second-order valence-corrected chi connectivity index (χ2v) is 11.1. The molecular weight excluding hydrogens is 523 g/mol. The first kappa shape index (κ1) is 26.9. The van der Waals surface area contributed by atoms with Gasteiger partial charge in [-0.05, 0) is 69.0 Å². The maximum Gasteiger partial charge on any atom is 0.230 e. The molecule has 0 aliphatic carbocycles. The van der Waals surface area contributed by atoms with Crippen LogP contribution in [0.5, 0.6) is 0 Å². The van der Waals surface area contributed by atoms with Crippen molar-refractivity contribution in [1.29, 1.82) is 0 Å². The minimum Gasteiger partial charge on any atom is -0.343 e. The Morgan fingerprint density at radius 2 is 1.71 bits per heavy atom. The number of para-hydroxylation sites is 1. The molecule has 2 aliphatic rings. The van der Waals surface area contributed by atoms with Crippen molar-refractivity contribution in [1.82, 2.24) is 24.8 Å². The number of nitrogens with zero attached hydrogens (tertiary/aromatic N) is 6. The van der Waals surface area contributed by atoms with E-state index in [2.05, 4.69) is 26.0 Å². The maximum atomic E-state index is 13.7. The number of carbonyl (C=O) groups excluding carboxylic acids is 2. The Morgan fingerprint density at radius 3 is 2.42 bits per heavy atom. The minimum absolute atomic E-state index is 0.0676.